The van der Waals surface area contributed by atoms with E-state index in [1.165, 1.54) is 6.07 Å². The highest BCUT2D eigenvalue weighted by molar-refractivity contribution is 5.96. The SMILES string of the molecule is Cc1ccc(F)c(N2CCC[C@@H](NC(=O)c3[nH]ncc3[N+](=O)[O-])C2)c1. The van der Waals surface area contributed by atoms with Crippen LogP contribution < -0.4 is 10.2 Å². The van der Waals surface area contributed by atoms with Crippen molar-refractivity contribution in [1.82, 2.24) is 15.5 Å². The van der Waals surface area contributed by atoms with Gasteiger partial charge < -0.3 is 10.2 Å². The lowest BCUT2D eigenvalue weighted by Crippen LogP contribution is -2.48. The molecule has 0 bridgehead atoms. The van der Waals surface area contributed by atoms with Crippen molar-refractivity contribution in [2.75, 3.05) is 18.0 Å². The van der Waals surface area contributed by atoms with Crippen LogP contribution in [0, 0.1) is 22.9 Å². The van der Waals surface area contributed by atoms with Crippen LogP contribution in [0.2, 0.25) is 0 Å². The van der Waals surface area contributed by atoms with E-state index in [-0.39, 0.29) is 23.2 Å². The molecule has 0 aliphatic carbocycles. The van der Waals surface area contributed by atoms with Gasteiger partial charge in [0, 0.05) is 19.1 Å². The average molecular weight is 347 g/mol. The first kappa shape index (κ1) is 16.9. The summed E-state index contributed by atoms with van der Waals surface area (Å²) in [4.78, 5) is 24.4. The predicted octanol–water partition coefficient (Wildman–Crippen LogP) is 2.16. The lowest BCUT2D eigenvalue weighted by Gasteiger charge is -2.35. The molecule has 1 aliphatic rings. The fourth-order valence-corrected chi connectivity index (χ4v) is 3.02. The largest absolute Gasteiger partial charge is 0.367 e. The van der Waals surface area contributed by atoms with Crippen LogP contribution in [0.25, 0.3) is 0 Å². The Labute approximate surface area is 143 Å². The normalized spacial score (nSPS) is 17.4. The number of amides is 1. The summed E-state index contributed by atoms with van der Waals surface area (Å²) in [5, 5.41) is 19.6. The van der Waals surface area contributed by atoms with Crippen molar-refractivity contribution in [2.24, 2.45) is 0 Å². The van der Waals surface area contributed by atoms with Crippen molar-refractivity contribution in [3.05, 3.63) is 51.6 Å². The number of halogens is 1. The minimum absolute atomic E-state index is 0.177. The highest BCUT2D eigenvalue weighted by atomic mass is 19.1. The number of aromatic amines is 1. The number of hydrogen-bond donors (Lipinski definition) is 2. The maximum Gasteiger partial charge on any atom is 0.319 e. The van der Waals surface area contributed by atoms with Gasteiger partial charge in [-0.25, -0.2) is 4.39 Å². The molecule has 1 atom stereocenters. The number of nitrogens with zero attached hydrogens (tertiary/aromatic N) is 3. The summed E-state index contributed by atoms with van der Waals surface area (Å²) < 4.78 is 14.1. The van der Waals surface area contributed by atoms with Gasteiger partial charge in [-0.3, -0.25) is 20.0 Å². The van der Waals surface area contributed by atoms with E-state index in [1.807, 2.05) is 11.8 Å². The third-order valence-electron chi connectivity index (χ3n) is 4.24. The molecule has 1 aromatic heterocycles. The highest BCUT2D eigenvalue weighted by Gasteiger charge is 2.28. The Bertz CT molecular complexity index is 807. The Morgan fingerprint density at radius 3 is 3.08 bits per heavy atom. The number of benzene rings is 1. The molecule has 0 spiro atoms. The second kappa shape index (κ2) is 6.88. The van der Waals surface area contributed by atoms with Crippen LogP contribution in [0.3, 0.4) is 0 Å². The van der Waals surface area contributed by atoms with Gasteiger partial charge in [-0.15, -0.1) is 0 Å². The van der Waals surface area contributed by atoms with E-state index >= 15 is 0 Å². The van der Waals surface area contributed by atoms with Gasteiger partial charge in [0.25, 0.3) is 5.91 Å². The summed E-state index contributed by atoms with van der Waals surface area (Å²) in [6, 6.07) is 4.68. The molecule has 3 rings (SSSR count). The van der Waals surface area contributed by atoms with Gasteiger partial charge in [0.2, 0.25) is 5.69 Å². The van der Waals surface area contributed by atoms with Gasteiger partial charge >= 0.3 is 5.69 Å². The van der Waals surface area contributed by atoms with Gasteiger partial charge in [-0.05, 0) is 37.5 Å². The molecule has 8 nitrogen and oxygen atoms in total. The second-order valence-electron chi connectivity index (χ2n) is 6.10. The van der Waals surface area contributed by atoms with Crippen LogP contribution in [-0.4, -0.2) is 40.2 Å². The molecule has 25 heavy (non-hydrogen) atoms. The fourth-order valence-electron chi connectivity index (χ4n) is 3.02. The summed E-state index contributed by atoms with van der Waals surface area (Å²) in [5.74, 6) is -0.887. The monoisotopic (exact) mass is 347 g/mol. The van der Waals surface area contributed by atoms with Crippen molar-refractivity contribution in [3.63, 3.8) is 0 Å². The number of aryl methyl sites for hydroxylation is 1. The number of piperidine rings is 1. The van der Waals surface area contributed by atoms with Crippen LogP contribution in [0.5, 0.6) is 0 Å². The van der Waals surface area contributed by atoms with Crippen LogP contribution in [0.4, 0.5) is 15.8 Å². The van der Waals surface area contributed by atoms with Crippen LogP contribution in [0.15, 0.2) is 24.4 Å². The van der Waals surface area contributed by atoms with Crippen molar-refractivity contribution in [1.29, 1.82) is 0 Å². The number of rotatable bonds is 4. The average Bonchev–Trinajstić information content (AvgIpc) is 3.07. The number of aromatic nitrogens is 2. The molecule has 9 heteroatoms. The first-order chi connectivity index (χ1) is 12.0. The number of nitro groups is 1. The lowest BCUT2D eigenvalue weighted by molar-refractivity contribution is -0.385. The molecule has 0 saturated carbocycles. The van der Waals surface area contributed by atoms with E-state index in [2.05, 4.69) is 15.5 Å². The molecule has 2 aromatic rings. The van der Waals surface area contributed by atoms with E-state index in [4.69, 9.17) is 0 Å². The number of carbonyl (C=O) groups excluding carboxylic acids is 1. The third-order valence-corrected chi connectivity index (χ3v) is 4.24. The zero-order valence-corrected chi connectivity index (χ0v) is 13.7. The molecule has 1 amide bonds. The number of H-pyrrole nitrogens is 1. The molecule has 1 aromatic carbocycles. The molecular weight excluding hydrogens is 329 g/mol. The summed E-state index contributed by atoms with van der Waals surface area (Å²) in [5.41, 5.74) is 0.917. The molecule has 132 valence electrons. The summed E-state index contributed by atoms with van der Waals surface area (Å²) >= 11 is 0. The van der Waals surface area contributed by atoms with Gasteiger partial charge in [0.05, 0.1) is 10.6 Å². The maximum atomic E-state index is 14.1. The molecule has 1 fully saturated rings. The van der Waals surface area contributed by atoms with Crippen molar-refractivity contribution < 1.29 is 14.1 Å². The summed E-state index contributed by atoms with van der Waals surface area (Å²) in [6.07, 6.45) is 2.51. The smallest absolute Gasteiger partial charge is 0.319 e. The fraction of sp³-hybridized carbons (Fsp3) is 0.375. The number of nitrogens with one attached hydrogen (secondary N) is 2. The van der Waals surface area contributed by atoms with Crippen molar-refractivity contribution in [3.8, 4) is 0 Å². The number of carbonyl (C=O) groups is 1. The Hall–Kier alpha value is -2.97. The van der Waals surface area contributed by atoms with Gasteiger partial charge in [0.1, 0.15) is 12.0 Å². The second-order valence-corrected chi connectivity index (χ2v) is 6.10. The lowest BCUT2D eigenvalue weighted by atomic mass is 10.0. The number of anilines is 1. The quantitative estimate of drug-likeness (QED) is 0.651. The van der Waals surface area contributed by atoms with Gasteiger partial charge in [-0.2, -0.15) is 5.10 Å². The van der Waals surface area contributed by atoms with E-state index in [1.54, 1.807) is 12.1 Å². The minimum Gasteiger partial charge on any atom is -0.367 e. The zero-order valence-electron chi connectivity index (χ0n) is 13.7. The highest BCUT2D eigenvalue weighted by Crippen LogP contribution is 2.25. The Morgan fingerprint density at radius 1 is 1.52 bits per heavy atom. The van der Waals surface area contributed by atoms with Crippen molar-refractivity contribution in [2.45, 2.75) is 25.8 Å². The van der Waals surface area contributed by atoms with Crippen LogP contribution in [-0.2, 0) is 0 Å². The predicted molar refractivity (Wildman–Crippen MR) is 89.1 cm³/mol. The van der Waals surface area contributed by atoms with E-state index in [0.29, 0.717) is 18.8 Å². The molecule has 1 saturated heterocycles. The molecule has 2 N–H and O–H groups in total. The first-order valence-electron chi connectivity index (χ1n) is 7.95. The Kier molecular flexibility index (Phi) is 4.64. The van der Waals surface area contributed by atoms with E-state index in [9.17, 15) is 19.3 Å². The Balaban J connectivity index is 1.71. The Morgan fingerprint density at radius 2 is 2.32 bits per heavy atom. The third kappa shape index (κ3) is 3.59. The summed E-state index contributed by atoms with van der Waals surface area (Å²) in [7, 11) is 0. The van der Waals surface area contributed by atoms with Gasteiger partial charge in [-0.1, -0.05) is 6.07 Å². The molecule has 1 aliphatic heterocycles. The van der Waals surface area contributed by atoms with Crippen LogP contribution >= 0.6 is 0 Å². The molecule has 0 radical (unpaired) electrons. The summed E-state index contributed by atoms with van der Waals surface area (Å²) in [6.45, 7) is 3.02. The zero-order chi connectivity index (χ0) is 18.0. The van der Waals surface area contributed by atoms with Crippen LogP contribution in [0.1, 0.15) is 28.9 Å². The topological polar surface area (TPSA) is 104 Å². The molecule has 2 heterocycles. The minimum atomic E-state index is -0.659. The van der Waals surface area contributed by atoms with E-state index < -0.39 is 10.8 Å². The maximum absolute atomic E-state index is 14.1. The van der Waals surface area contributed by atoms with E-state index in [0.717, 1.165) is 24.6 Å². The first-order valence-corrected chi connectivity index (χ1v) is 7.95. The molecular formula is C16H18FN5O3. The number of hydrogen-bond acceptors (Lipinski definition) is 5. The van der Waals surface area contributed by atoms with Gasteiger partial charge in [0.15, 0.2) is 0 Å². The standard InChI is InChI=1S/C16H18FN5O3/c1-10-4-5-12(17)13(7-10)21-6-2-3-11(9-21)19-16(23)15-14(22(24)25)8-18-20-15/h4-5,7-8,11H,2-3,6,9H2,1H3,(H,18,20)(H,19,23)/t11-/m1/s1. The van der Waals surface area contributed by atoms with Crippen molar-refractivity contribution >= 4 is 17.3 Å². The molecule has 0 unspecified atom stereocenters.